The molecular weight excluding hydrogens is 306 g/mol. The average Bonchev–Trinajstić information content (AvgIpc) is 3.10. The van der Waals surface area contributed by atoms with Crippen LogP contribution >= 0.6 is 0 Å². The summed E-state index contributed by atoms with van der Waals surface area (Å²) in [6.07, 6.45) is 5.56. The maximum absolute atomic E-state index is 12.2. The van der Waals surface area contributed by atoms with E-state index in [2.05, 4.69) is 20.7 Å². The molecule has 0 fully saturated rings. The summed E-state index contributed by atoms with van der Waals surface area (Å²) in [5, 5.41) is 9.56. The molecular formula is C17H21N5O2. The Bertz CT molecular complexity index is 720. The molecule has 2 N–H and O–H groups in total. The van der Waals surface area contributed by atoms with Crippen molar-refractivity contribution < 1.29 is 9.59 Å². The SMILES string of the molecule is CCC=C(C)C(=O)Nc1ccc(NC(=O)C(C)n2cncn2)cc1. The fraction of sp³-hybridized carbons (Fsp3) is 0.294. The van der Waals surface area contributed by atoms with E-state index in [0.717, 1.165) is 6.42 Å². The van der Waals surface area contributed by atoms with E-state index in [-0.39, 0.29) is 11.8 Å². The number of benzene rings is 1. The van der Waals surface area contributed by atoms with Crippen LogP contribution in [-0.4, -0.2) is 26.6 Å². The molecule has 2 aromatic rings. The van der Waals surface area contributed by atoms with Crippen molar-refractivity contribution in [3.63, 3.8) is 0 Å². The van der Waals surface area contributed by atoms with Gasteiger partial charge in [-0.3, -0.25) is 9.59 Å². The zero-order valence-corrected chi connectivity index (χ0v) is 14.0. The third kappa shape index (κ3) is 4.52. The minimum atomic E-state index is -0.464. The molecule has 0 saturated heterocycles. The Morgan fingerprint density at radius 2 is 1.83 bits per heavy atom. The molecule has 7 heteroatoms. The van der Waals surface area contributed by atoms with E-state index in [1.807, 2.05) is 13.0 Å². The number of carbonyl (C=O) groups excluding carboxylic acids is 2. The molecule has 1 heterocycles. The predicted molar refractivity (Wildman–Crippen MR) is 92.5 cm³/mol. The monoisotopic (exact) mass is 327 g/mol. The zero-order chi connectivity index (χ0) is 17.5. The molecule has 0 aliphatic heterocycles. The summed E-state index contributed by atoms with van der Waals surface area (Å²) in [6.45, 7) is 5.50. The maximum Gasteiger partial charge on any atom is 0.250 e. The molecule has 0 saturated carbocycles. The second kappa shape index (κ2) is 8.05. The number of amides is 2. The predicted octanol–water partition coefficient (Wildman–Crippen LogP) is 2.77. The van der Waals surface area contributed by atoms with Gasteiger partial charge in [0.05, 0.1) is 0 Å². The van der Waals surface area contributed by atoms with Crippen LogP contribution in [-0.2, 0) is 9.59 Å². The lowest BCUT2D eigenvalue weighted by atomic mass is 10.2. The zero-order valence-electron chi connectivity index (χ0n) is 14.0. The lowest BCUT2D eigenvalue weighted by molar-refractivity contribution is -0.119. The summed E-state index contributed by atoms with van der Waals surface area (Å²) in [4.78, 5) is 27.9. The molecule has 0 aliphatic rings. The summed E-state index contributed by atoms with van der Waals surface area (Å²) >= 11 is 0. The van der Waals surface area contributed by atoms with E-state index in [4.69, 9.17) is 0 Å². The fourth-order valence-electron chi connectivity index (χ4n) is 2.05. The first kappa shape index (κ1) is 17.4. The highest BCUT2D eigenvalue weighted by molar-refractivity contribution is 6.03. The van der Waals surface area contributed by atoms with Crippen molar-refractivity contribution in [2.75, 3.05) is 10.6 Å². The van der Waals surface area contributed by atoms with E-state index in [9.17, 15) is 9.59 Å². The lowest BCUT2D eigenvalue weighted by Crippen LogP contribution is -2.24. The average molecular weight is 327 g/mol. The van der Waals surface area contributed by atoms with Crippen molar-refractivity contribution in [3.05, 3.63) is 48.6 Å². The maximum atomic E-state index is 12.2. The standard InChI is InChI=1S/C17H21N5O2/c1-4-5-12(2)16(23)20-14-6-8-15(9-7-14)21-17(24)13(3)22-11-18-10-19-22/h5-11,13H,4H2,1-3H3,(H,20,23)(H,21,24). The molecule has 1 unspecified atom stereocenters. The van der Waals surface area contributed by atoms with Gasteiger partial charge in [0.25, 0.3) is 5.91 Å². The summed E-state index contributed by atoms with van der Waals surface area (Å²) < 4.78 is 1.48. The molecule has 126 valence electrons. The minimum Gasteiger partial charge on any atom is -0.324 e. The summed E-state index contributed by atoms with van der Waals surface area (Å²) in [5.41, 5.74) is 1.99. The van der Waals surface area contributed by atoms with Crippen LogP contribution in [0.4, 0.5) is 11.4 Å². The first-order valence-corrected chi connectivity index (χ1v) is 7.74. The highest BCUT2D eigenvalue weighted by Gasteiger charge is 2.15. The second-order valence-corrected chi connectivity index (χ2v) is 5.37. The van der Waals surface area contributed by atoms with Gasteiger partial charge in [-0.2, -0.15) is 5.10 Å². The number of hydrogen-bond acceptors (Lipinski definition) is 4. The van der Waals surface area contributed by atoms with Gasteiger partial charge in [-0.15, -0.1) is 0 Å². The van der Waals surface area contributed by atoms with Crippen molar-refractivity contribution in [2.45, 2.75) is 33.2 Å². The van der Waals surface area contributed by atoms with Crippen LogP contribution in [0, 0.1) is 0 Å². The van der Waals surface area contributed by atoms with Crippen LogP contribution in [0.3, 0.4) is 0 Å². The van der Waals surface area contributed by atoms with Gasteiger partial charge in [0.15, 0.2) is 0 Å². The Morgan fingerprint density at radius 1 is 1.21 bits per heavy atom. The molecule has 1 aromatic heterocycles. The molecule has 2 amide bonds. The highest BCUT2D eigenvalue weighted by atomic mass is 16.2. The van der Waals surface area contributed by atoms with Gasteiger partial charge in [-0.25, -0.2) is 9.67 Å². The third-order valence-corrected chi connectivity index (χ3v) is 3.49. The van der Waals surface area contributed by atoms with Gasteiger partial charge >= 0.3 is 0 Å². The number of nitrogens with one attached hydrogen (secondary N) is 2. The van der Waals surface area contributed by atoms with Gasteiger partial charge in [-0.1, -0.05) is 13.0 Å². The molecule has 7 nitrogen and oxygen atoms in total. The highest BCUT2D eigenvalue weighted by Crippen LogP contribution is 2.16. The minimum absolute atomic E-state index is 0.131. The fourth-order valence-corrected chi connectivity index (χ4v) is 2.05. The molecule has 0 bridgehead atoms. The number of allylic oxidation sites excluding steroid dienone is 1. The topological polar surface area (TPSA) is 88.9 Å². The van der Waals surface area contributed by atoms with Crippen LogP contribution in [0.15, 0.2) is 48.6 Å². The van der Waals surface area contributed by atoms with Crippen LogP contribution < -0.4 is 10.6 Å². The van der Waals surface area contributed by atoms with Gasteiger partial charge in [0.1, 0.15) is 18.7 Å². The smallest absolute Gasteiger partial charge is 0.250 e. The number of hydrogen-bond donors (Lipinski definition) is 2. The first-order valence-electron chi connectivity index (χ1n) is 7.74. The Hall–Kier alpha value is -2.96. The Kier molecular flexibility index (Phi) is 5.83. The number of anilines is 2. The van der Waals surface area contributed by atoms with Crippen molar-refractivity contribution in [1.82, 2.24) is 14.8 Å². The van der Waals surface area contributed by atoms with Crippen LogP contribution in [0.5, 0.6) is 0 Å². The Morgan fingerprint density at radius 3 is 2.38 bits per heavy atom. The summed E-state index contributed by atoms with van der Waals surface area (Å²) in [6, 6.07) is 6.49. The van der Waals surface area contributed by atoms with Gasteiger partial charge in [0.2, 0.25) is 5.91 Å². The molecule has 24 heavy (non-hydrogen) atoms. The molecule has 1 atom stereocenters. The molecule has 0 radical (unpaired) electrons. The first-order chi connectivity index (χ1) is 11.5. The van der Waals surface area contributed by atoms with E-state index in [1.165, 1.54) is 17.3 Å². The Balaban J connectivity index is 1.96. The summed E-state index contributed by atoms with van der Waals surface area (Å²) in [5.74, 6) is -0.326. The van der Waals surface area contributed by atoms with Gasteiger partial charge < -0.3 is 10.6 Å². The second-order valence-electron chi connectivity index (χ2n) is 5.37. The lowest BCUT2D eigenvalue weighted by Gasteiger charge is -2.12. The van der Waals surface area contributed by atoms with Crippen LogP contribution in [0.25, 0.3) is 0 Å². The number of aromatic nitrogens is 3. The van der Waals surface area contributed by atoms with Crippen molar-refractivity contribution in [1.29, 1.82) is 0 Å². The number of nitrogens with zero attached hydrogens (tertiary/aromatic N) is 3. The van der Waals surface area contributed by atoms with E-state index in [1.54, 1.807) is 38.1 Å². The number of rotatable bonds is 6. The van der Waals surface area contributed by atoms with Crippen LogP contribution in [0.2, 0.25) is 0 Å². The van der Waals surface area contributed by atoms with E-state index in [0.29, 0.717) is 16.9 Å². The Labute approximate surface area is 140 Å². The van der Waals surface area contributed by atoms with Gasteiger partial charge in [0, 0.05) is 16.9 Å². The van der Waals surface area contributed by atoms with Crippen molar-refractivity contribution >= 4 is 23.2 Å². The van der Waals surface area contributed by atoms with Crippen LogP contribution in [0.1, 0.15) is 33.2 Å². The van der Waals surface area contributed by atoms with E-state index >= 15 is 0 Å². The third-order valence-electron chi connectivity index (χ3n) is 3.49. The molecule has 1 aromatic carbocycles. The largest absolute Gasteiger partial charge is 0.324 e. The quantitative estimate of drug-likeness (QED) is 0.798. The summed E-state index contributed by atoms with van der Waals surface area (Å²) in [7, 11) is 0. The van der Waals surface area contributed by atoms with E-state index < -0.39 is 6.04 Å². The van der Waals surface area contributed by atoms with Crippen molar-refractivity contribution in [2.24, 2.45) is 0 Å². The van der Waals surface area contributed by atoms with Crippen molar-refractivity contribution in [3.8, 4) is 0 Å². The number of carbonyl (C=O) groups is 2. The molecule has 2 rings (SSSR count). The van der Waals surface area contributed by atoms with Gasteiger partial charge in [-0.05, 0) is 44.5 Å². The molecule has 0 aliphatic carbocycles. The molecule has 0 spiro atoms. The normalized spacial score (nSPS) is 12.5.